The van der Waals surface area contributed by atoms with E-state index in [9.17, 15) is 13.6 Å². The topological polar surface area (TPSA) is 55.1 Å². The third-order valence-corrected chi connectivity index (χ3v) is 0.528. The van der Waals surface area contributed by atoms with Crippen LogP contribution in [0.15, 0.2) is 12.3 Å². The molecule has 0 atom stereocenters. The Kier molecular flexibility index (Phi) is 3.54. The summed E-state index contributed by atoms with van der Waals surface area (Å²) in [5.74, 6) is -0.636. The monoisotopic (exact) mass is 136 g/mol. The molecule has 3 nitrogen and oxygen atoms in total. The fraction of sp³-hybridized carbons (Fsp3) is 0.250. The molecule has 0 radical (unpaired) electrons. The first-order valence-corrected chi connectivity index (χ1v) is 2.17. The molecule has 0 heterocycles. The average Bonchev–Trinajstić information content (AvgIpc) is 1.83. The summed E-state index contributed by atoms with van der Waals surface area (Å²) in [6, 6.07) is 0. The van der Waals surface area contributed by atoms with E-state index < -0.39 is 12.0 Å². The number of rotatable bonds is 2. The van der Waals surface area contributed by atoms with Crippen LogP contribution in [-0.2, 0) is 4.79 Å². The van der Waals surface area contributed by atoms with E-state index in [0.29, 0.717) is 6.20 Å². The van der Waals surface area contributed by atoms with Crippen LogP contribution in [0, 0.1) is 0 Å². The summed E-state index contributed by atoms with van der Waals surface area (Å²) in [5.41, 5.74) is 4.77. The minimum Gasteiger partial charge on any atom is -0.327 e. The van der Waals surface area contributed by atoms with Gasteiger partial charge >= 0.3 is 0 Å². The minimum absolute atomic E-state index is 0.288. The predicted molar refractivity (Wildman–Crippen MR) is 27.5 cm³/mol. The second-order valence-electron chi connectivity index (χ2n) is 1.21. The van der Waals surface area contributed by atoms with E-state index in [1.165, 1.54) is 0 Å². The van der Waals surface area contributed by atoms with Crippen molar-refractivity contribution in [1.82, 2.24) is 5.32 Å². The highest BCUT2D eigenvalue weighted by molar-refractivity contribution is 5.78. The summed E-state index contributed by atoms with van der Waals surface area (Å²) >= 11 is 0. The summed E-state index contributed by atoms with van der Waals surface area (Å²) in [6.45, 7) is -0.288. The Labute approximate surface area is 50.5 Å². The third kappa shape index (κ3) is 4.89. The highest BCUT2D eigenvalue weighted by Crippen LogP contribution is 1.91. The van der Waals surface area contributed by atoms with E-state index in [1.807, 2.05) is 0 Å². The van der Waals surface area contributed by atoms with Gasteiger partial charge in [0.05, 0.1) is 12.7 Å². The van der Waals surface area contributed by atoms with Gasteiger partial charge in [-0.3, -0.25) is 4.79 Å². The summed E-state index contributed by atoms with van der Waals surface area (Å²) in [5, 5.41) is 1.76. The van der Waals surface area contributed by atoms with Crippen molar-refractivity contribution >= 4 is 5.91 Å². The summed E-state index contributed by atoms with van der Waals surface area (Å²) < 4.78 is 22.3. The Morgan fingerprint density at radius 1 is 1.67 bits per heavy atom. The molecule has 0 rings (SSSR count). The van der Waals surface area contributed by atoms with E-state index in [-0.39, 0.29) is 6.54 Å². The quantitative estimate of drug-likeness (QED) is 0.552. The van der Waals surface area contributed by atoms with E-state index in [0.717, 1.165) is 0 Å². The number of carbonyl (C=O) groups excluding carboxylic acids is 1. The van der Waals surface area contributed by atoms with Crippen molar-refractivity contribution in [3.05, 3.63) is 12.3 Å². The van der Waals surface area contributed by atoms with Crippen LogP contribution in [0.1, 0.15) is 0 Å². The van der Waals surface area contributed by atoms with Gasteiger partial charge in [-0.2, -0.15) is 8.78 Å². The van der Waals surface area contributed by atoms with Gasteiger partial charge in [-0.15, -0.1) is 0 Å². The lowest BCUT2D eigenvalue weighted by atomic mass is 10.6. The Morgan fingerprint density at radius 3 is 2.56 bits per heavy atom. The number of hydrogen-bond acceptors (Lipinski definition) is 2. The van der Waals surface area contributed by atoms with E-state index in [1.54, 1.807) is 5.32 Å². The minimum atomic E-state index is -1.95. The van der Waals surface area contributed by atoms with Crippen LogP contribution >= 0.6 is 0 Å². The first-order chi connectivity index (χ1) is 4.16. The van der Waals surface area contributed by atoms with Gasteiger partial charge in [0, 0.05) is 0 Å². The number of hydrogen-bond donors (Lipinski definition) is 2. The molecule has 0 aromatic carbocycles. The van der Waals surface area contributed by atoms with Gasteiger partial charge in [-0.1, -0.05) is 0 Å². The molecular weight excluding hydrogens is 130 g/mol. The maximum Gasteiger partial charge on any atom is 0.286 e. The molecule has 0 aliphatic rings. The zero-order chi connectivity index (χ0) is 7.28. The first kappa shape index (κ1) is 8.03. The predicted octanol–water partition coefficient (Wildman–Crippen LogP) is -0.201. The lowest BCUT2D eigenvalue weighted by Crippen LogP contribution is -2.25. The van der Waals surface area contributed by atoms with E-state index in [4.69, 9.17) is 5.73 Å². The molecule has 52 valence electrons. The number of halogens is 2. The van der Waals surface area contributed by atoms with E-state index in [2.05, 4.69) is 0 Å². The zero-order valence-corrected chi connectivity index (χ0v) is 4.53. The maximum atomic E-state index is 11.1. The van der Waals surface area contributed by atoms with Crippen LogP contribution in [0.5, 0.6) is 0 Å². The number of nitrogens with two attached hydrogens (primary N) is 1. The van der Waals surface area contributed by atoms with Crippen LogP contribution in [0.25, 0.3) is 0 Å². The standard InChI is InChI=1S/C4H6F2N2O/c5-3(6)2-8-4(9)1-7/h2H,1,7H2,(H,8,9). The molecule has 1 amide bonds. The van der Waals surface area contributed by atoms with Gasteiger partial charge in [0.15, 0.2) is 0 Å². The second kappa shape index (κ2) is 3.96. The van der Waals surface area contributed by atoms with Crippen LogP contribution in [0.3, 0.4) is 0 Å². The number of nitrogens with one attached hydrogen (secondary N) is 1. The average molecular weight is 136 g/mol. The number of amides is 1. The Balaban J connectivity index is 3.50. The summed E-state index contributed by atoms with van der Waals surface area (Å²) in [7, 11) is 0. The molecule has 0 aliphatic carbocycles. The first-order valence-electron chi connectivity index (χ1n) is 2.17. The molecule has 0 fully saturated rings. The largest absolute Gasteiger partial charge is 0.327 e. The lowest BCUT2D eigenvalue weighted by Gasteiger charge is -1.91. The highest BCUT2D eigenvalue weighted by Gasteiger charge is 1.92. The number of carbonyl (C=O) groups is 1. The second-order valence-corrected chi connectivity index (χ2v) is 1.21. The highest BCUT2D eigenvalue weighted by atomic mass is 19.3. The molecule has 0 aliphatic heterocycles. The van der Waals surface area contributed by atoms with Crippen molar-refractivity contribution in [3.63, 3.8) is 0 Å². The van der Waals surface area contributed by atoms with Crippen LogP contribution < -0.4 is 11.1 Å². The molecule has 0 bridgehead atoms. The van der Waals surface area contributed by atoms with Gasteiger partial charge in [0.2, 0.25) is 5.91 Å². The van der Waals surface area contributed by atoms with Gasteiger partial charge in [-0.25, -0.2) is 0 Å². The van der Waals surface area contributed by atoms with Gasteiger partial charge in [0.25, 0.3) is 6.08 Å². The molecule has 0 saturated carbocycles. The van der Waals surface area contributed by atoms with Gasteiger partial charge < -0.3 is 11.1 Å². The Bertz CT molecular complexity index is 131. The molecule has 0 saturated heterocycles. The molecule has 0 spiro atoms. The van der Waals surface area contributed by atoms with Crippen molar-refractivity contribution in [2.45, 2.75) is 0 Å². The molecule has 0 aromatic heterocycles. The molecule has 0 aromatic rings. The van der Waals surface area contributed by atoms with Gasteiger partial charge in [0.1, 0.15) is 0 Å². The molecule has 0 unspecified atom stereocenters. The smallest absolute Gasteiger partial charge is 0.286 e. The van der Waals surface area contributed by atoms with Crippen molar-refractivity contribution in [3.8, 4) is 0 Å². The summed E-state index contributed by atoms with van der Waals surface area (Å²) in [6.07, 6.45) is -1.65. The van der Waals surface area contributed by atoms with Crippen LogP contribution in [0.2, 0.25) is 0 Å². The fourth-order valence-electron chi connectivity index (χ4n) is 0.194. The molecule has 3 N–H and O–H groups in total. The normalized spacial score (nSPS) is 8.33. The van der Waals surface area contributed by atoms with Crippen LogP contribution in [-0.4, -0.2) is 12.5 Å². The van der Waals surface area contributed by atoms with E-state index >= 15 is 0 Å². The van der Waals surface area contributed by atoms with Gasteiger partial charge in [-0.05, 0) is 0 Å². The van der Waals surface area contributed by atoms with Crippen molar-refractivity contribution in [2.24, 2.45) is 5.73 Å². The zero-order valence-electron chi connectivity index (χ0n) is 4.53. The molecule has 9 heavy (non-hydrogen) atoms. The van der Waals surface area contributed by atoms with Crippen molar-refractivity contribution in [2.75, 3.05) is 6.54 Å². The Hall–Kier alpha value is -0.970. The van der Waals surface area contributed by atoms with Crippen LogP contribution in [0.4, 0.5) is 8.78 Å². The summed E-state index contributed by atoms with van der Waals surface area (Å²) in [4.78, 5) is 10.1. The Morgan fingerprint density at radius 2 is 2.22 bits per heavy atom. The molecular formula is C4H6F2N2O. The maximum absolute atomic E-state index is 11.1. The van der Waals surface area contributed by atoms with Crippen molar-refractivity contribution < 1.29 is 13.6 Å². The SMILES string of the molecule is NCC(=O)NC=C(F)F. The third-order valence-electron chi connectivity index (χ3n) is 0.528. The molecule has 5 heteroatoms. The van der Waals surface area contributed by atoms with Crippen molar-refractivity contribution in [1.29, 1.82) is 0 Å². The fourth-order valence-corrected chi connectivity index (χ4v) is 0.194. The lowest BCUT2D eigenvalue weighted by molar-refractivity contribution is -0.118.